The summed E-state index contributed by atoms with van der Waals surface area (Å²) in [5, 5.41) is 3.62. The first-order valence-electron chi connectivity index (χ1n) is 6.15. The number of carbonyl (C=O) groups is 1. The second kappa shape index (κ2) is 6.89. The zero-order valence-corrected chi connectivity index (χ0v) is 10.9. The van der Waals surface area contributed by atoms with E-state index in [1.807, 2.05) is 60.7 Å². The molecule has 0 aliphatic rings. The first-order chi connectivity index (χ1) is 9.81. The second-order valence-electron chi connectivity index (χ2n) is 4.05. The molecular formula is C16H15N3O. The molecular weight excluding hydrogens is 250 g/mol. The molecule has 0 saturated heterocycles. The van der Waals surface area contributed by atoms with Crippen molar-refractivity contribution in [3.8, 4) is 0 Å². The van der Waals surface area contributed by atoms with Gasteiger partial charge in [0.2, 0.25) is 6.41 Å². The van der Waals surface area contributed by atoms with Crippen LogP contribution < -0.4 is 11.1 Å². The van der Waals surface area contributed by atoms with Gasteiger partial charge in [0, 0.05) is 17.3 Å². The number of para-hydroxylation sites is 2. The van der Waals surface area contributed by atoms with Gasteiger partial charge < -0.3 is 11.1 Å². The lowest BCUT2D eigenvalue weighted by atomic mass is 10.2. The Morgan fingerprint density at radius 2 is 1.70 bits per heavy atom. The molecule has 3 aromatic rings. The van der Waals surface area contributed by atoms with Gasteiger partial charge in [-0.3, -0.25) is 9.78 Å². The van der Waals surface area contributed by atoms with Gasteiger partial charge in [0.25, 0.3) is 0 Å². The number of nitrogens with two attached hydrogens (primary N) is 1. The highest BCUT2D eigenvalue weighted by Crippen LogP contribution is 2.16. The molecule has 2 aromatic carbocycles. The molecule has 1 aromatic heterocycles. The van der Waals surface area contributed by atoms with E-state index >= 15 is 0 Å². The van der Waals surface area contributed by atoms with Crippen LogP contribution in [0.25, 0.3) is 10.9 Å². The Bertz CT molecular complexity index is 678. The third-order valence-corrected chi connectivity index (χ3v) is 2.66. The summed E-state index contributed by atoms with van der Waals surface area (Å²) in [6.07, 6.45) is 2.41. The number of amides is 1. The molecule has 3 rings (SSSR count). The maximum absolute atomic E-state index is 9.86. The molecule has 100 valence electrons. The number of pyridine rings is 1. The molecule has 20 heavy (non-hydrogen) atoms. The molecule has 0 radical (unpaired) electrons. The molecule has 4 nitrogen and oxygen atoms in total. The van der Waals surface area contributed by atoms with Crippen LogP contribution >= 0.6 is 0 Å². The minimum atomic E-state index is 0.662. The quantitative estimate of drug-likeness (QED) is 0.552. The van der Waals surface area contributed by atoms with Crippen molar-refractivity contribution < 1.29 is 4.79 Å². The summed E-state index contributed by atoms with van der Waals surface area (Å²) in [7, 11) is 0. The largest absolute Gasteiger partial charge is 0.397 e. The number of nitrogens with zero attached hydrogens (tertiary/aromatic N) is 1. The van der Waals surface area contributed by atoms with Crippen molar-refractivity contribution in [1.82, 2.24) is 4.98 Å². The fourth-order valence-corrected chi connectivity index (χ4v) is 1.73. The van der Waals surface area contributed by atoms with Crippen LogP contribution in [0.1, 0.15) is 0 Å². The minimum Gasteiger partial charge on any atom is -0.397 e. The molecule has 4 heteroatoms. The Balaban J connectivity index is 0.000000151. The highest BCUT2D eigenvalue weighted by Gasteiger charge is 1.94. The number of fused-ring (bicyclic) bond motifs is 1. The predicted octanol–water partition coefficient (Wildman–Crippen LogP) is 3.07. The number of hydrogen-bond donors (Lipinski definition) is 2. The van der Waals surface area contributed by atoms with Crippen molar-refractivity contribution in [2.45, 2.75) is 0 Å². The van der Waals surface area contributed by atoms with E-state index in [2.05, 4.69) is 10.3 Å². The number of hydrogen-bond acceptors (Lipinski definition) is 3. The summed E-state index contributed by atoms with van der Waals surface area (Å²) in [5.74, 6) is 0. The van der Waals surface area contributed by atoms with Crippen LogP contribution in [0.3, 0.4) is 0 Å². The van der Waals surface area contributed by atoms with Gasteiger partial charge in [-0.15, -0.1) is 0 Å². The average Bonchev–Trinajstić information content (AvgIpc) is 2.50. The summed E-state index contributed by atoms with van der Waals surface area (Å²) < 4.78 is 0. The first-order valence-corrected chi connectivity index (χ1v) is 6.15. The molecule has 0 unspecified atom stereocenters. The maximum Gasteiger partial charge on any atom is 0.211 e. The van der Waals surface area contributed by atoms with E-state index in [0.717, 1.165) is 22.3 Å². The second-order valence-corrected chi connectivity index (χ2v) is 4.05. The van der Waals surface area contributed by atoms with E-state index in [-0.39, 0.29) is 0 Å². The molecule has 0 atom stereocenters. The van der Waals surface area contributed by atoms with Crippen molar-refractivity contribution >= 4 is 28.7 Å². The Hall–Kier alpha value is -2.88. The van der Waals surface area contributed by atoms with E-state index in [1.54, 1.807) is 6.20 Å². The number of aromatic nitrogens is 1. The van der Waals surface area contributed by atoms with Gasteiger partial charge in [-0.1, -0.05) is 36.4 Å². The summed E-state index contributed by atoms with van der Waals surface area (Å²) in [5.41, 5.74) is 8.14. The molecule has 0 aliphatic carbocycles. The zero-order chi connectivity index (χ0) is 14.2. The lowest BCUT2D eigenvalue weighted by molar-refractivity contribution is -0.105. The van der Waals surface area contributed by atoms with Gasteiger partial charge in [0.1, 0.15) is 0 Å². The van der Waals surface area contributed by atoms with E-state index in [9.17, 15) is 4.79 Å². The standard InChI is InChI=1S/C9H8N2.C7H7NO/c10-8-5-1-3-7-4-2-6-11-9(7)8;9-6-8-7-4-2-1-3-5-7/h1-6H,10H2;1-6H,(H,8,9). The first kappa shape index (κ1) is 13.5. The van der Waals surface area contributed by atoms with Gasteiger partial charge in [-0.2, -0.15) is 0 Å². The van der Waals surface area contributed by atoms with Crippen LogP contribution in [0.2, 0.25) is 0 Å². The minimum absolute atomic E-state index is 0.662. The van der Waals surface area contributed by atoms with Gasteiger partial charge in [-0.05, 0) is 24.3 Å². The Labute approximate surface area is 117 Å². The van der Waals surface area contributed by atoms with Crippen molar-refractivity contribution in [2.24, 2.45) is 0 Å². The van der Waals surface area contributed by atoms with Gasteiger partial charge in [-0.25, -0.2) is 0 Å². The average molecular weight is 265 g/mol. The van der Waals surface area contributed by atoms with Crippen molar-refractivity contribution in [1.29, 1.82) is 0 Å². The molecule has 0 aliphatic heterocycles. The monoisotopic (exact) mass is 265 g/mol. The molecule has 0 saturated carbocycles. The summed E-state index contributed by atoms with van der Waals surface area (Å²) in [4.78, 5) is 14.0. The van der Waals surface area contributed by atoms with E-state index in [1.165, 1.54) is 0 Å². The van der Waals surface area contributed by atoms with Gasteiger partial charge >= 0.3 is 0 Å². The highest BCUT2D eigenvalue weighted by atomic mass is 16.1. The Kier molecular flexibility index (Phi) is 4.67. The van der Waals surface area contributed by atoms with Crippen LogP contribution in [-0.2, 0) is 4.79 Å². The highest BCUT2D eigenvalue weighted by molar-refractivity contribution is 5.88. The fraction of sp³-hybridized carbons (Fsp3) is 0. The van der Waals surface area contributed by atoms with Crippen LogP contribution in [0.15, 0.2) is 66.9 Å². The molecule has 0 bridgehead atoms. The smallest absolute Gasteiger partial charge is 0.211 e. The lowest BCUT2D eigenvalue weighted by Crippen LogP contribution is -1.91. The molecule has 1 amide bonds. The predicted molar refractivity (Wildman–Crippen MR) is 82.3 cm³/mol. The SMILES string of the molecule is Nc1cccc2cccnc12.O=CNc1ccccc1. The van der Waals surface area contributed by atoms with Crippen LogP contribution in [0.4, 0.5) is 11.4 Å². The summed E-state index contributed by atoms with van der Waals surface area (Å²) in [6, 6.07) is 19.0. The molecule has 0 fully saturated rings. The Morgan fingerprint density at radius 3 is 2.40 bits per heavy atom. The number of benzene rings is 2. The third-order valence-electron chi connectivity index (χ3n) is 2.66. The number of nitrogens with one attached hydrogen (secondary N) is 1. The van der Waals surface area contributed by atoms with Crippen molar-refractivity contribution in [2.75, 3.05) is 11.1 Å². The molecule has 3 N–H and O–H groups in total. The summed E-state index contributed by atoms with van der Waals surface area (Å²) in [6.45, 7) is 0. The molecule has 1 heterocycles. The maximum atomic E-state index is 9.86. The lowest BCUT2D eigenvalue weighted by Gasteiger charge is -1.97. The number of nitrogen functional groups attached to an aromatic ring is 1. The number of rotatable bonds is 2. The fourth-order valence-electron chi connectivity index (χ4n) is 1.73. The van der Waals surface area contributed by atoms with Crippen LogP contribution in [0, 0.1) is 0 Å². The van der Waals surface area contributed by atoms with Crippen LogP contribution in [0.5, 0.6) is 0 Å². The number of carbonyl (C=O) groups excluding carboxylic acids is 1. The normalized spacial score (nSPS) is 9.40. The van der Waals surface area contributed by atoms with Crippen LogP contribution in [-0.4, -0.2) is 11.4 Å². The van der Waals surface area contributed by atoms with E-state index in [0.29, 0.717) is 6.41 Å². The van der Waals surface area contributed by atoms with Crippen molar-refractivity contribution in [3.05, 3.63) is 66.9 Å². The van der Waals surface area contributed by atoms with E-state index in [4.69, 9.17) is 5.73 Å². The van der Waals surface area contributed by atoms with Crippen molar-refractivity contribution in [3.63, 3.8) is 0 Å². The van der Waals surface area contributed by atoms with E-state index < -0.39 is 0 Å². The third kappa shape index (κ3) is 3.55. The topological polar surface area (TPSA) is 68.0 Å². The number of anilines is 2. The van der Waals surface area contributed by atoms with Gasteiger partial charge in [0.15, 0.2) is 0 Å². The zero-order valence-electron chi connectivity index (χ0n) is 10.9. The summed E-state index contributed by atoms with van der Waals surface area (Å²) >= 11 is 0. The van der Waals surface area contributed by atoms with Gasteiger partial charge in [0.05, 0.1) is 11.2 Å². The Morgan fingerprint density at radius 1 is 0.950 bits per heavy atom. The molecule has 0 spiro atoms.